The number of Topliss-reactive ketones (excluding diaryl/α,β-unsaturated/α-hetero) is 1. The molecular weight excluding hydrogens is 399 g/mol. The molecule has 0 saturated heterocycles. The van der Waals surface area contributed by atoms with E-state index in [1.807, 2.05) is 0 Å². The van der Waals surface area contributed by atoms with Crippen molar-refractivity contribution >= 4 is 5.78 Å². The van der Waals surface area contributed by atoms with Crippen molar-refractivity contribution in [3.8, 4) is 17.0 Å². The minimum Gasteiger partial charge on any atom is -0.497 e. The molecular formula is C21H18F3N3O3. The molecule has 0 amide bonds. The first-order valence-electron chi connectivity index (χ1n) is 8.97. The highest BCUT2D eigenvalue weighted by atomic mass is 19.4. The number of carbonyl (C=O) groups excluding carboxylic acids is 1. The fraction of sp³-hybridized carbons (Fsp3) is 0.238. The summed E-state index contributed by atoms with van der Waals surface area (Å²) in [4.78, 5) is 28.5. The molecule has 0 fully saturated rings. The van der Waals surface area contributed by atoms with Gasteiger partial charge >= 0.3 is 6.18 Å². The molecule has 1 aromatic carbocycles. The van der Waals surface area contributed by atoms with E-state index in [1.165, 1.54) is 32.4 Å². The number of halogens is 3. The number of benzene rings is 1. The smallest absolute Gasteiger partial charge is 0.417 e. The van der Waals surface area contributed by atoms with Gasteiger partial charge in [0.1, 0.15) is 11.8 Å². The average Bonchev–Trinajstić information content (AvgIpc) is 2.73. The van der Waals surface area contributed by atoms with Crippen molar-refractivity contribution in [3.05, 3.63) is 76.3 Å². The molecule has 0 spiro atoms. The van der Waals surface area contributed by atoms with E-state index in [0.717, 1.165) is 10.7 Å². The number of alkyl halides is 3. The SMILES string of the molecule is COc1cccc(-c2ccc(=O)n(C(C)C(=O)Cc3cncc(C(F)(F)F)c3)n2)c1. The van der Waals surface area contributed by atoms with Gasteiger partial charge in [-0.2, -0.15) is 18.3 Å². The summed E-state index contributed by atoms with van der Waals surface area (Å²) in [5, 5.41) is 4.27. The van der Waals surface area contributed by atoms with Crippen LogP contribution in [0, 0.1) is 0 Å². The fourth-order valence-electron chi connectivity index (χ4n) is 2.86. The minimum absolute atomic E-state index is 0.110. The van der Waals surface area contributed by atoms with Crippen LogP contribution < -0.4 is 10.3 Å². The van der Waals surface area contributed by atoms with Crippen molar-refractivity contribution in [1.29, 1.82) is 0 Å². The molecule has 3 aromatic rings. The van der Waals surface area contributed by atoms with Crippen molar-refractivity contribution in [1.82, 2.24) is 14.8 Å². The highest BCUT2D eigenvalue weighted by molar-refractivity contribution is 5.84. The Morgan fingerprint density at radius 1 is 1.17 bits per heavy atom. The third-order valence-corrected chi connectivity index (χ3v) is 4.52. The van der Waals surface area contributed by atoms with Gasteiger partial charge in [0.15, 0.2) is 5.78 Å². The van der Waals surface area contributed by atoms with Crippen molar-refractivity contribution in [2.24, 2.45) is 0 Å². The summed E-state index contributed by atoms with van der Waals surface area (Å²) in [6.07, 6.45) is -2.97. The zero-order chi connectivity index (χ0) is 21.9. The summed E-state index contributed by atoms with van der Waals surface area (Å²) in [5.74, 6) is 0.140. The Morgan fingerprint density at radius 2 is 1.93 bits per heavy atom. The lowest BCUT2D eigenvalue weighted by molar-refractivity contribution is -0.138. The van der Waals surface area contributed by atoms with Crippen LogP contribution in [0.1, 0.15) is 24.1 Å². The molecule has 9 heteroatoms. The minimum atomic E-state index is -4.55. The highest BCUT2D eigenvalue weighted by Gasteiger charge is 2.31. The number of ether oxygens (including phenoxy) is 1. The Balaban J connectivity index is 1.86. The number of rotatable bonds is 6. The molecule has 30 heavy (non-hydrogen) atoms. The van der Waals surface area contributed by atoms with Gasteiger partial charge in [-0.15, -0.1) is 0 Å². The molecule has 156 valence electrons. The molecule has 2 heterocycles. The normalized spacial score (nSPS) is 12.4. The van der Waals surface area contributed by atoms with Crippen molar-refractivity contribution in [2.75, 3.05) is 7.11 Å². The largest absolute Gasteiger partial charge is 0.497 e. The Labute approximate surface area is 170 Å². The third kappa shape index (κ3) is 4.73. The van der Waals surface area contributed by atoms with Gasteiger partial charge in [-0.1, -0.05) is 12.1 Å². The number of aromatic nitrogens is 3. The lowest BCUT2D eigenvalue weighted by Gasteiger charge is -2.15. The zero-order valence-electron chi connectivity index (χ0n) is 16.2. The first-order chi connectivity index (χ1) is 14.2. The average molecular weight is 417 g/mol. The molecule has 1 unspecified atom stereocenters. The Kier molecular flexibility index (Phi) is 6.00. The molecule has 0 aliphatic heterocycles. The Morgan fingerprint density at radius 3 is 2.63 bits per heavy atom. The van der Waals surface area contributed by atoms with E-state index in [4.69, 9.17) is 4.74 Å². The summed E-state index contributed by atoms with van der Waals surface area (Å²) >= 11 is 0. The lowest BCUT2D eigenvalue weighted by atomic mass is 10.0. The Hall–Kier alpha value is -3.49. The second-order valence-corrected chi connectivity index (χ2v) is 6.63. The molecule has 0 radical (unpaired) electrons. The van der Waals surface area contributed by atoms with Gasteiger partial charge in [-0.05, 0) is 36.8 Å². The first-order valence-corrected chi connectivity index (χ1v) is 8.97. The lowest BCUT2D eigenvalue weighted by Crippen LogP contribution is -2.31. The van der Waals surface area contributed by atoms with Gasteiger partial charge in [-0.25, -0.2) is 4.68 Å². The van der Waals surface area contributed by atoms with Crippen LogP contribution in [0.15, 0.2) is 59.7 Å². The van der Waals surface area contributed by atoms with Gasteiger partial charge in [0.25, 0.3) is 5.56 Å². The van der Waals surface area contributed by atoms with Crippen molar-refractivity contribution in [2.45, 2.75) is 25.6 Å². The summed E-state index contributed by atoms with van der Waals surface area (Å²) in [5.41, 5.74) is -0.183. The van der Waals surface area contributed by atoms with Crippen LogP contribution in [0.3, 0.4) is 0 Å². The topological polar surface area (TPSA) is 74.1 Å². The van der Waals surface area contributed by atoms with Crippen molar-refractivity contribution < 1.29 is 22.7 Å². The van der Waals surface area contributed by atoms with Crippen LogP contribution in [-0.4, -0.2) is 27.7 Å². The number of methoxy groups -OCH3 is 1. The van der Waals surface area contributed by atoms with Gasteiger partial charge in [0, 0.05) is 30.4 Å². The number of hydrogen-bond donors (Lipinski definition) is 0. The van der Waals surface area contributed by atoms with Gasteiger partial charge in [0.05, 0.1) is 18.4 Å². The number of ketones is 1. The standard InChI is InChI=1S/C21H18F3N3O3/c1-13(19(28)9-14-8-16(12-25-11-14)21(22,23)24)27-20(29)7-6-18(26-27)15-4-3-5-17(10-15)30-2/h3-8,10-13H,9H2,1-2H3. The van der Waals surface area contributed by atoms with Crippen LogP contribution in [0.5, 0.6) is 5.75 Å². The van der Waals surface area contributed by atoms with Gasteiger partial charge in [0.2, 0.25) is 0 Å². The number of hydrogen-bond acceptors (Lipinski definition) is 5. The van der Waals surface area contributed by atoms with Crippen LogP contribution in [0.2, 0.25) is 0 Å². The Bertz CT molecular complexity index is 1130. The first kappa shape index (κ1) is 21.2. The van der Waals surface area contributed by atoms with Gasteiger partial charge < -0.3 is 4.74 Å². The maximum atomic E-state index is 12.9. The maximum absolute atomic E-state index is 12.9. The monoisotopic (exact) mass is 417 g/mol. The number of pyridine rings is 1. The van der Waals surface area contributed by atoms with Crippen LogP contribution in [0.4, 0.5) is 13.2 Å². The van der Waals surface area contributed by atoms with E-state index in [-0.39, 0.29) is 12.0 Å². The predicted octanol–water partition coefficient (Wildman–Crippen LogP) is 3.71. The predicted molar refractivity (Wildman–Crippen MR) is 103 cm³/mol. The number of nitrogens with zero attached hydrogens (tertiary/aromatic N) is 3. The molecule has 6 nitrogen and oxygen atoms in total. The molecule has 0 aliphatic rings. The van der Waals surface area contributed by atoms with E-state index >= 15 is 0 Å². The summed E-state index contributed by atoms with van der Waals surface area (Å²) in [7, 11) is 1.52. The maximum Gasteiger partial charge on any atom is 0.417 e. The third-order valence-electron chi connectivity index (χ3n) is 4.52. The molecule has 0 aliphatic carbocycles. The van der Waals surface area contributed by atoms with Crippen molar-refractivity contribution in [3.63, 3.8) is 0 Å². The quantitative estimate of drug-likeness (QED) is 0.611. The summed E-state index contributed by atoms with van der Waals surface area (Å²) in [6.45, 7) is 1.48. The van der Waals surface area contributed by atoms with Crippen LogP contribution in [0.25, 0.3) is 11.3 Å². The molecule has 0 saturated carbocycles. The molecule has 3 rings (SSSR count). The van der Waals surface area contributed by atoms with E-state index in [9.17, 15) is 22.8 Å². The van der Waals surface area contributed by atoms with Crippen LogP contribution in [-0.2, 0) is 17.4 Å². The van der Waals surface area contributed by atoms with Gasteiger partial charge in [-0.3, -0.25) is 14.6 Å². The highest BCUT2D eigenvalue weighted by Crippen LogP contribution is 2.29. The van der Waals surface area contributed by atoms with Crippen LogP contribution >= 0.6 is 0 Å². The van der Waals surface area contributed by atoms with E-state index in [1.54, 1.807) is 24.3 Å². The zero-order valence-corrected chi connectivity index (χ0v) is 16.2. The summed E-state index contributed by atoms with van der Waals surface area (Å²) < 4.78 is 44.8. The fourth-order valence-corrected chi connectivity index (χ4v) is 2.86. The number of carbonyl (C=O) groups is 1. The second kappa shape index (κ2) is 8.48. The van der Waals surface area contributed by atoms with E-state index in [2.05, 4.69) is 10.1 Å². The molecule has 0 N–H and O–H groups in total. The van der Waals surface area contributed by atoms with E-state index < -0.39 is 29.1 Å². The second-order valence-electron chi connectivity index (χ2n) is 6.63. The van der Waals surface area contributed by atoms with E-state index in [0.29, 0.717) is 23.2 Å². The summed E-state index contributed by atoms with van der Waals surface area (Å²) in [6, 6.07) is 9.75. The molecule has 2 aromatic heterocycles. The molecule has 1 atom stereocenters. The molecule has 0 bridgehead atoms.